The summed E-state index contributed by atoms with van der Waals surface area (Å²) in [6.45, 7) is 1.91. The number of rotatable bonds is 4. The highest BCUT2D eigenvalue weighted by atomic mass is 35.5. The minimum atomic E-state index is -1.15. The van der Waals surface area contributed by atoms with Crippen LogP contribution in [0.15, 0.2) is 35.3 Å². The fourth-order valence-corrected chi connectivity index (χ4v) is 2.99. The summed E-state index contributed by atoms with van der Waals surface area (Å²) in [7, 11) is 0. The van der Waals surface area contributed by atoms with Crippen LogP contribution in [0.5, 0.6) is 0 Å². The number of nitrogens with zero attached hydrogens (tertiary/aromatic N) is 3. The summed E-state index contributed by atoms with van der Waals surface area (Å²) in [6, 6.07) is 6.67. The van der Waals surface area contributed by atoms with E-state index < -0.39 is 6.09 Å². The molecule has 3 rings (SSSR count). The molecule has 2 aromatic heterocycles. The van der Waals surface area contributed by atoms with Crippen molar-refractivity contribution in [2.45, 2.75) is 13.3 Å². The van der Waals surface area contributed by atoms with E-state index in [0.29, 0.717) is 33.3 Å². The molecule has 0 atom stereocenters. The lowest BCUT2D eigenvalue weighted by molar-refractivity contribution is 0.194. The summed E-state index contributed by atoms with van der Waals surface area (Å²) in [5.74, 6) is 0.730. The normalized spacial score (nSPS) is 10.8. The van der Waals surface area contributed by atoms with Gasteiger partial charge in [0.05, 0.1) is 27.8 Å². The van der Waals surface area contributed by atoms with Crippen molar-refractivity contribution in [2.75, 3.05) is 12.3 Å². The largest absolute Gasteiger partial charge is 0.465 e. The van der Waals surface area contributed by atoms with E-state index in [9.17, 15) is 9.59 Å². The maximum absolute atomic E-state index is 13.1. The number of nitrogens with one attached hydrogen (secondary N) is 1. The van der Waals surface area contributed by atoms with Crippen molar-refractivity contribution in [2.24, 2.45) is 0 Å². The number of benzene rings is 1. The smallest absolute Gasteiger partial charge is 0.404 e. The van der Waals surface area contributed by atoms with Crippen LogP contribution in [0.4, 0.5) is 10.6 Å². The van der Waals surface area contributed by atoms with Crippen molar-refractivity contribution in [3.63, 3.8) is 0 Å². The number of amides is 1. The molecule has 26 heavy (non-hydrogen) atoms. The summed E-state index contributed by atoms with van der Waals surface area (Å²) in [4.78, 5) is 32.4. The summed E-state index contributed by atoms with van der Waals surface area (Å²) >= 11 is 6.21. The molecule has 0 saturated heterocycles. The Kier molecular flexibility index (Phi) is 4.77. The monoisotopic (exact) mass is 373 g/mol. The van der Waals surface area contributed by atoms with E-state index in [4.69, 9.17) is 22.4 Å². The minimum Gasteiger partial charge on any atom is -0.465 e. The van der Waals surface area contributed by atoms with Gasteiger partial charge in [-0.1, -0.05) is 17.7 Å². The number of aryl methyl sites for hydroxylation is 1. The van der Waals surface area contributed by atoms with Crippen molar-refractivity contribution < 1.29 is 9.90 Å². The van der Waals surface area contributed by atoms with E-state index in [2.05, 4.69) is 15.3 Å². The molecule has 0 spiro atoms. The molecule has 8 nitrogen and oxygen atoms in total. The van der Waals surface area contributed by atoms with Crippen LogP contribution in [-0.2, 0) is 6.42 Å². The molecular formula is C17H16ClN5O3. The highest BCUT2D eigenvalue weighted by molar-refractivity contribution is 6.35. The lowest BCUT2D eigenvalue weighted by atomic mass is 10.2. The van der Waals surface area contributed by atoms with Gasteiger partial charge in [0.25, 0.3) is 5.56 Å². The van der Waals surface area contributed by atoms with Gasteiger partial charge >= 0.3 is 6.09 Å². The molecule has 1 amide bonds. The van der Waals surface area contributed by atoms with Crippen molar-refractivity contribution in [3.8, 4) is 5.69 Å². The number of carbonyl (C=O) groups is 1. The van der Waals surface area contributed by atoms with Crippen LogP contribution in [0, 0.1) is 6.92 Å². The zero-order valence-electron chi connectivity index (χ0n) is 13.9. The van der Waals surface area contributed by atoms with Gasteiger partial charge in [-0.15, -0.1) is 0 Å². The van der Waals surface area contributed by atoms with E-state index in [-0.39, 0.29) is 18.5 Å². The molecule has 4 N–H and O–H groups in total. The maximum Gasteiger partial charge on any atom is 0.404 e. The summed E-state index contributed by atoms with van der Waals surface area (Å²) in [5.41, 5.74) is 7.06. The molecule has 0 aliphatic carbocycles. The van der Waals surface area contributed by atoms with Gasteiger partial charge in [-0.3, -0.25) is 9.36 Å². The molecule has 3 aromatic rings. The first-order valence-corrected chi connectivity index (χ1v) is 8.15. The predicted octanol–water partition coefficient (Wildman–Crippen LogP) is 2.13. The Balaban J connectivity index is 2.26. The number of aromatic nitrogens is 3. The summed E-state index contributed by atoms with van der Waals surface area (Å²) in [6.07, 6.45) is 0.561. The Labute approximate surface area is 153 Å². The van der Waals surface area contributed by atoms with Crippen LogP contribution >= 0.6 is 11.6 Å². The van der Waals surface area contributed by atoms with Gasteiger partial charge in [0.2, 0.25) is 0 Å². The number of nitrogens with two attached hydrogens (primary N) is 1. The third-order valence-corrected chi connectivity index (χ3v) is 4.20. The van der Waals surface area contributed by atoms with Gasteiger partial charge in [0.15, 0.2) is 0 Å². The molecule has 1 aromatic carbocycles. The number of hydrogen-bond acceptors (Lipinski definition) is 5. The third kappa shape index (κ3) is 3.31. The number of nitrogen functional groups attached to an aromatic ring is 1. The Morgan fingerprint density at radius 2 is 2.19 bits per heavy atom. The van der Waals surface area contributed by atoms with Gasteiger partial charge in [-0.25, -0.2) is 14.8 Å². The summed E-state index contributed by atoms with van der Waals surface area (Å²) < 4.78 is 1.40. The molecule has 134 valence electrons. The van der Waals surface area contributed by atoms with Crippen LogP contribution in [0.3, 0.4) is 0 Å². The van der Waals surface area contributed by atoms with Crippen LogP contribution in [-0.4, -0.2) is 32.3 Å². The van der Waals surface area contributed by atoms with Crippen molar-refractivity contribution >= 4 is 34.4 Å². The SMILES string of the molecule is Cc1cc(N)ncc1-n1c(CCNC(=O)O)nc2cccc(Cl)c2c1=O. The van der Waals surface area contributed by atoms with Crippen molar-refractivity contribution in [1.29, 1.82) is 0 Å². The first kappa shape index (κ1) is 17.7. The van der Waals surface area contributed by atoms with Gasteiger partial charge < -0.3 is 16.2 Å². The Morgan fingerprint density at radius 1 is 1.42 bits per heavy atom. The van der Waals surface area contributed by atoms with Gasteiger partial charge in [-0.2, -0.15) is 0 Å². The van der Waals surface area contributed by atoms with E-state index in [1.54, 1.807) is 31.2 Å². The second-order valence-electron chi connectivity index (χ2n) is 5.68. The van der Waals surface area contributed by atoms with E-state index in [1.807, 2.05) is 0 Å². The zero-order chi connectivity index (χ0) is 18.8. The highest BCUT2D eigenvalue weighted by Gasteiger charge is 2.16. The first-order valence-electron chi connectivity index (χ1n) is 7.78. The quantitative estimate of drug-likeness (QED) is 0.643. The van der Waals surface area contributed by atoms with Crippen LogP contribution in [0.25, 0.3) is 16.6 Å². The van der Waals surface area contributed by atoms with Gasteiger partial charge in [0, 0.05) is 13.0 Å². The number of anilines is 1. The number of pyridine rings is 1. The second-order valence-corrected chi connectivity index (χ2v) is 6.09. The molecule has 2 heterocycles. The third-order valence-electron chi connectivity index (χ3n) is 3.89. The molecule has 0 fully saturated rings. The molecule has 0 unspecified atom stereocenters. The zero-order valence-corrected chi connectivity index (χ0v) is 14.6. The predicted molar refractivity (Wildman–Crippen MR) is 99.0 cm³/mol. The standard InChI is InChI=1S/C17H16ClN5O3/c1-9-7-13(19)21-8-12(9)23-14(5-6-20-17(25)26)22-11-4-2-3-10(18)15(11)16(23)24/h2-4,7-8,20H,5-6H2,1H3,(H2,19,21)(H,25,26). The van der Waals surface area contributed by atoms with Crippen LogP contribution in [0.2, 0.25) is 5.02 Å². The first-order chi connectivity index (χ1) is 12.4. The number of fused-ring (bicyclic) bond motifs is 1. The molecule has 9 heteroatoms. The molecule has 0 aliphatic rings. The average molecular weight is 374 g/mol. The Bertz CT molecular complexity index is 1060. The molecule has 0 aliphatic heterocycles. The number of halogens is 1. The van der Waals surface area contributed by atoms with Crippen LogP contribution < -0.4 is 16.6 Å². The molecule has 0 saturated carbocycles. The molecule has 0 bridgehead atoms. The van der Waals surface area contributed by atoms with E-state index >= 15 is 0 Å². The van der Waals surface area contributed by atoms with Gasteiger partial charge in [0.1, 0.15) is 11.6 Å². The topological polar surface area (TPSA) is 123 Å². The Morgan fingerprint density at radius 3 is 2.88 bits per heavy atom. The molecular weight excluding hydrogens is 358 g/mol. The minimum absolute atomic E-state index is 0.106. The van der Waals surface area contributed by atoms with E-state index in [0.717, 1.165) is 5.56 Å². The van der Waals surface area contributed by atoms with Crippen molar-refractivity contribution in [3.05, 3.63) is 57.2 Å². The lowest BCUT2D eigenvalue weighted by Crippen LogP contribution is -2.29. The number of hydrogen-bond donors (Lipinski definition) is 3. The van der Waals surface area contributed by atoms with Gasteiger partial charge in [-0.05, 0) is 30.7 Å². The Hall–Kier alpha value is -3.13. The average Bonchev–Trinajstić information content (AvgIpc) is 2.56. The fraction of sp³-hybridized carbons (Fsp3) is 0.176. The molecule has 0 radical (unpaired) electrons. The maximum atomic E-state index is 13.1. The van der Waals surface area contributed by atoms with Crippen LogP contribution in [0.1, 0.15) is 11.4 Å². The fourth-order valence-electron chi connectivity index (χ4n) is 2.74. The highest BCUT2D eigenvalue weighted by Crippen LogP contribution is 2.22. The second kappa shape index (κ2) is 7.01. The van der Waals surface area contributed by atoms with Crippen molar-refractivity contribution in [1.82, 2.24) is 19.9 Å². The number of carboxylic acid groups (broad SMARTS) is 1. The lowest BCUT2D eigenvalue weighted by Gasteiger charge is -2.16. The van der Waals surface area contributed by atoms with E-state index in [1.165, 1.54) is 10.8 Å². The summed E-state index contributed by atoms with van der Waals surface area (Å²) in [5, 5.41) is 11.6.